The largest absolute Gasteiger partial charge is 0.481 e. The second-order valence-electron chi connectivity index (χ2n) is 3.26. The van der Waals surface area contributed by atoms with Crippen LogP contribution in [0, 0.1) is 12.0 Å². The average Bonchev–Trinajstić information content (AvgIpc) is 2.18. The highest BCUT2D eigenvalue weighted by molar-refractivity contribution is 5.67. The number of aliphatic carboxylic acids is 1. The molecule has 0 aliphatic heterocycles. The summed E-state index contributed by atoms with van der Waals surface area (Å²) in [5.74, 6) is 2.07. The minimum Gasteiger partial charge on any atom is -0.481 e. The molecule has 3 nitrogen and oxygen atoms in total. The molecule has 3 heteroatoms. The van der Waals surface area contributed by atoms with Gasteiger partial charge in [0.25, 0.3) is 0 Å². The highest BCUT2D eigenvalue weighted by Crippen LogP contribution is 1.94. The van der Waals surface area contributed by atoms with Crippen molar-refractivity contribution in [3.63, 3.8) is 0 Å². The summed E-state index contributed by atoms with van der Waals surface area (Å²) in [5.41, 5.74) is 0.910. The lowest BCUT2D eigenvalue weighted by atomic mass is 10.2. The summed E-state index contributed by atoms with van der Waals surface area (Å²) in [5, 5.41) is 11.3. The number of carbonyl (C=O) groups is 1. The molecular formula is C12H13NO2. The Bertz CT molecular complexity index is 376. The van der Waals surface area contributed by atoms with Crippen molar-refractivity contribution in [2.24, 2.45) is 0 Å². The van der Waals surface area contributed by atoms with Crippen LogP contribution in [-0.2, 0) is 4.79 Å². The number of benzene rings is 1. The van der Waals surface area contributed by atoms with Gasteiger partial charge in [-0.15, -0.1) is 0 Å². The van der Waals surface area contributed by atoms with E-state index >= 15 is 0 Å². The Labute approximate surface area is 89.1 Å². The minimum atomic E-state index is -0.823. The van der Waals surface area contributed by atoms with E-state index in [4.69, 9.17) is 5.11 Å². The molecule has 0 spiro atoms. The SMILES string of the molecule is CC(CC(=O)O)NC#Cc1ccccc1. The predicted molar refractivity (Wildman–Crippen MR) is 58.2 cm³/mol. The molecule has 0 saturated heterocycles. The van der Waals surface area contributed by atoms with E-state index in [9.17, 15) is 4.79 Å². The van der Waals surface area contributed by atoms with Crippen LogP contribution in [0.5, 0.6) is 0 Å². The Morgan fingerprint density at radius 1 is 1.47 bits per heavy atom. The van der Waals surface area contributed by atoms with Gasteiger partial charge in [-0.05, 0) is 25.0 Å². The van der Waals surface area contributed by atoms with Crippen LogP contribution in [0.1, 0.15) is 18.9 Å². The van der Waals surface area contributed by atoms with Crippen LogP contribution < -0.4 is 5.32 Å². The molecule has 2 N–H and O–H groups in total. The Kier molecular flexibility index (Phi) is 4.24. The zero-order valence-corrected chi connectivity index (χ0v) is 8.53. The van der Waals surface area contributed by atoms with Crippen molar-refractivity contribution in [1.82, 2.24) is 5.32 Å². The number of carboxylic acids is 1. The van der Waals surface area contributed by atoms with Gasteiger partial charge in [-0.1, -0.05) is 18.2 Å². The maximum Gasteiger partial charge on any atom is 0.305 e. The average molecular weight is 203 g/mol. The van der Waals surface area contributed by atoms with E-state index in [1.165, 1.54) is 0 Å². The molecule has 0 aliphatic carbocycles. The van der Waals surface area contributed by atoms with Crippen LogP contribution >= 0.6 is 0 Å². The van der Waals surface area contributed by atoms with Crippen molar-refractivity contribution in [3.05, 3.63) is 35.9 Å². The van der Waals surface area contributed by atoms with E-state index in [1.807, 2.05) is 30.3 Å². The third kappa shape index (κ3) is 4.72. The normalized spacial score (nSPS) is 11.0. The van der Waals surface area contributed by atoms with Crippen molar-refractivity contribution >= 4 is 5.97 Å². The summed E-state index contributed by atoms with van der Waals surface area (Å²) in [6.45, 7) is 1.79. The van der Waals surface area contributed by atoms with E-state index in [0.29, 0.717) is 0 Å². The molecule has 1 atom stereocenters. The monoisotopic (exact) mass is 203 g/mol. The van der Waals surface area contributed by atoms with Gasteiger partial charge in [0.05, 0.1) is 6.42 Å². The molecular weight excluding hydrogens is 190 g/mol. The summed E-state index contributed by atoms with van der Waals surface area (Å²) < 4.78 is 0. The quantitative estimate of drug-likeness (QED) is 0.577. The number of nitrogens with one attached hydrogen (secondary N) is 1. The molecule has 1 rings (SSSR count). The smallest absolute Gasteiger partial charge is 0.305 e. The predicted octanol–water partition coefficient (Wildman–Crippen LogP) is 1.45. The first-order valence-electron chi connectivity index (χ1n) is 4.72. The van der Waals surface area contributed by atoms with Crippen LogP contribution in [0.3, 0.4) is 0 Å². The molecule has 0 saturated carbocycles. The maximum atomic E-state index is 10.4. The second kappa shape index (κ2) is 5.71. The van der Waals surface area contributed by atoms with Gasteiger partial charge in [0.2, 0.25) is 0 Å². The lowest BCUT2D eigenvalue weighted by Crippen LogP contribution is -2.24. The molecule has 0 heterocycles. The van der Waals surface area contributed by atoms with Gasteiger partial charge < -0.3 is 10.4 Å². The Hall–Kier alpha value is -1.95. The molecule has 1 aromatic carbocycles. The van der Waals surface area contributed by atoms with Crippen molar-refractivity contribution < 1.29 is 9.90 Å². The summed E-state index contributed by atoms with van der Waals surface area (Å²) in [7, 11) is 0. The molecule has 0 aromatic heterocycles. The third-order valence-corrected chi connectivity index (χ3v) is 1.78. The van der Waals surface area contributed by atoms with Crippen molar-refractivity contribution in [2.45, 2.75) is 19.4 Å². The fraction of sp³-hybridized carbons (Fsp3) is 0.250. The van der Waals surface area contributed by atoms with Crippen LogP contribution in [0.4, 0.5) is 0 Å². The summed E-state index contributed by atoms with van der Waals surface area (Å²) >= 11 is 0. The molecule has 1 aromatic rings. The molecule has 78 valence electrons. The van der Waals surface area contributed by atoms with E-state index in [-0.39, 0.29) is 12.5 Å². The topological polar surface area (TPSA) is 49.3 Å². The van der Waals surface area contributed by atoms with E-state index in [2.05, 4.69) is 17.3 Å². The number of carboxylic acid groups (broad SMARTS) is 1. The second-order valence-corrected chi connectivity index (χ2v) is 3.26. The lowest BCUT2D eigenvalue weighted by molar-refractivity contribution is -0.137. The van der Waals surface area contributed by atoms with Crippen LogP contribution in [0.15, 0.2) is 30.3 Å². The molecule has 0 fully saturated rings. The molecule has 0 amide bonds. The van der Waals surface area contributed by atoms with Gasteiger partial charge in [-0.3, -0.25) is 4.79 Å². The Balaban J connectivity index is 2.43. The van der Waals surface area contributed by atoms with Gasteiger partial charge >= 0.3 is 5.97 Å². The number of rotatable bonds is 3. The van der Waals surface area contributed by atoms with Gasteiger partial charge in [-0.2, -0.15) is 0 Å². The van der Waals surface area contributed by atoms with Gasteiger partial charge in [0.1, 0.15) is 0 Å². The molecule has 0 aliphatic rings. The highest BCUT2D eigenvalue weighted by atomic mass is 16.4. The summed E-state index contributed by atoms with van der Waals surface area (Å²) in [4.78, 5) is 10.4. The van der Waals surface area contributed by atoms with E-state index in [0.717, 1.165) is 5.56 Å². The van der Waals surface area contributed by atoms with Crippen molar-refractivity contribution in [1.29, 1.82) is 0 Å². The Morgan fingerprint density at radius 2 is 2.13 bits per heavy atom. The van der Waals surface area contributed by atoms with Crippen molar-refractivity contribution in [3.8, 4) is 12.0 Å². The van der Waals surface area contributed by atoms with Crippen LogP contribution in [0.25, 0.3) is 0 Å². The standard InChI is InChI=1S/C12H13NO2/c1-10(9-12(14)15)13-8-7-11-5-3-2-4-6-11/h2-6,10,13H,9H2,1H3,(H,14,15). The van der Waals surface area contributed by atoms with Gasteiger partial charge in [-0.25, -0.2) is 0 Å². The lowest BCUT2D eigenvalue weighted by Gasteiger charge is -2.04. The zero-order chi connectivity index (χ0) is 11.1. The number of hydrogen-bond acceptors (Lipinski definition) is 2. The highest BCUT2D eigenvalue weighted by Gasteiger charge is 2.03. The molecule has 0 radical (unpaired) electrons. The van der Waals surface area contributed by atoms with Gasteiger partial charge in [0.15, 0.2) is 0 Å². The molecule has 1 unspecified atom stereocenters. The van der Waals surface area contributed by atoms with Gasteiger partial charge in [0, 0.05) is 17.6 Å². The van der Waals surface area contributed by atoms with Crippen LogP contribution in [0.2, 0.25) is 0 Å². The summed E-state index contributed by atoms with van der Waals surface area (Å²) in [6.07, 6.45) is 0.0729. The minimum absolute atomic E-state index is 0.0729. The fourth-order valence-electron chi connectivity index (χ4n) is 1.07. The molecule has 0 bridgehead atoms. The van der Waals surface area contributed by atoms with Crippen molar-refractivity contribution in [2.75, 3.05) is 0 Å². The van der Waals surface area contributed by atoms with E-state index in [1.54, 1.807) is 6.92 Å². The third-order valence-electron chi connectivity index (χ3n) is 1.78. The Morgan fingerprint density at radius 3 is 2.73 bits per heavy atom. The first kappa shape index (κ1) is 11.1. The molecule has 15 heavy (non-hydrogen) atoms. The first-order valence-corrected chi connectivity index (χ1v) is 4.72. The zero-order valence-electron chi connectivity index (χ0n) is 8.53. The number of hydrogen-bond donors (Lipinski definition) is 2. The summed E-state index contributed by atoms with van der Waals surface area (Å²) in [6, 6.07) is 12.1. The first-order chi connectivity index (χ1) is 7.18. The fourth-order valence-corrected chi connectivity index (χ4v) is 1.07. The maximum absolute atomic E-state index is 10.4. The van der Waals surface area contributed by atoms with E-state index < -0.39 is 5.97 Å². The van der Waals surface area contributed by atoms with Crippen LogP contribution in [-0.4, -0.2) is 17.1 Å².